The first kappa shape index (κ1) is 9.76. The van der Waals surface area contributed by atoms with E-state index in [0.717, 1.165) is 16.4 Å². The first-order valence-corrected chi connectivity index (χ1v) is 5.44. The average Bonchev–Trinajstić information content (AvgIpc) is 2.92. The molecule has 2 rings (SSSR count). The molecule has 1 N–H and O–H groups in total. The smallest absolute Gasteiger partial charge is 0.336 e. The molecule has 0 bridgehead atoms. The summed E-state index contributed by atoms with van der Waals surface area (Å²) in [6.45, 7) is 0. The van der Waals surface area contributed by atoms with Gasteiger partial charge in [-0.1, -0.05) is 0 Å². The molecular weight excluding hydrogens is 295 g/mol. The molecule has 1 aromatic rings. The zero-order valence-electron chi connectivity index (χ0n) is 7.37. The molecule has 0 saturated heterocycles. The van der Waals surface area contributed by atoms with Gasteiger partial charge in [-0.15, -0.1) is 0 Å². The number of ether oxygens (including phenoxy) is 1. The monoisotopic (exact) mass is 304 g/mol. The van der Waals surface area contributed by atoms with Crippen LogP contribution in [0.1, 0.15) is 23.2 Å². The molecule has 0 atom stereocenters. The van der Waals surface area contributed by atoms with E-state index in [0.29, 0.717) is 17.4 Å². The molecule has 4 heteroatoms. The Hall–Kier alpha value is -0.780. The minimum absolute atomic E-state index is 0.303. The standard InChI is InChI=1S/C10H9IO3/c11-9-4-3-7(14-6-1-2-6)5-8(9)10(12)13/h3-6H,1-2H2,(H,12,13). The van der Waals surface area contributed by atoms with Gasteiger partial charge in [0.1, 0.15) is 5.75 Å². The van der Waals surface area contributed by atoms with Crippen molar-refractivity contribution in [1.29, 1.82) is 0 Å². The van der Waals surface area contributed by atoms with Crippen molar-refractivity contribution in [2.24, 2.45) is 0 Å². The summed E-state index contributed by atoms with van der Waals surface area (Å²) in [5.74, 6) is -0.249. The van der Waals surface area contributed by atoms with Gasteiger partial charge in [0.25, 0.3) is 0 Å². The third-order valence-electron chi connectivity index (χ3n) is 2.00. The summed E-state index contributed by atoms with van der Waals surface area (Å²) in [6.07, 6.45) is 2.46. The number of carboxylic acids is 1. The Bertz CT molecular complexity index is 372. The van der Waals surface area contributed by atoms with Crippen molar-refractivity contribution in [3.8, 4) is 5.75 Å². The summed E-state index contributed by atoms with van der Waals surface area (Å²) in [5, 5.41) is 8.88. The van der Waals surface area contributed by atoms with Crippen LogP contribution in [-0.4, -0.2) is 17.2 Å². The van der Waals surface area contributed by atoms with Gasteiger partial charge < -0.3 is 9.84 Å². The minimum Gasteiger partial charge on any atom is -0.490 e. The molecule has 0 spiro atoms. The highest BCUT2D eigenvalue weighted by Gasteiger charge is 2.24. The molecule has 0 heterocycles. The van der Waals surface area contributed by atoms with Crippen LogP contribution in [0.3, 0.4) is 0 Å². The lowest BCUT2D eigenvalue weighted by atomic mass is 10.2. The second-order valence-corrected chi connectivity index (χ2v) is 4.43. The molecule has 3 nitrogen and oxygen atoms in total. The quantitative estimate of drug-likeness (QED) is 0.873. The van der Waals surface area contributed by atoms with Gasteiger partial charge in [0.05, 0.1) is 11.7 Å². The average molecular weight is 304 g/mol. The Kier molecular flexibility index (Phi) is 2.62. The van der Waals surface area contributed by atoms with Crippen LogP contribution >= 0.6 is 22.6 Å². The summed E-state index contributed by atoms with van der Waals surface area (Å²) in [7, 11) is 0. The van der Waals surface area contributed by atoms with Crippen molar-refractivity contribution in [3.05, 3.63) is 27.3 Å². The maximum absolute atomic E-state index is 10.8. The lowest BCUT2D eigenvalue weighted by Gasteiger charge is -2.06. The highest BCUT2D eigenvalue weighted by Crippen LogP contribution is 2.28. The molecule has 1 saturated carbocycles. The molecule has 0 amide bonds. The van der Waals surface area contributed by atoms with E-state index in [1.165, 1.54) is 0 Å². The number of benzene rings is 1. The summed E-state index contributed by atoms with van der Waals surface area (Å²) < 4.78 is 6.24. The van der Waals surface area contributed by atoms with Gasteiger partial charge in [0, 0.05) is 3.57 Å². The van der Waals surface area contributed by atoms with Crippen molar-refractivity contribution in [3.63, 3.8) is 0 Å². The number of rotatable bonds is 3. The molecule has 1 fully saturated rings. The number of carboxylic acid groups (broad SMARTS) is 1. The van der Waals surface area contributed by atoms with Gasteiger partial charge in [-0.3, -0.25) is 0 Å². The molecule has 0 radical (unpaired) electrons. The van der Waals surface area contributed by atoms with Crippen LogP contribution in [0.2, 0.25) is 0 Å². The zero-order chi connectivity index (χ0) is 10.1. The van der Waals surface area contributed by atoms with Gasteiger partial charge in [-0.25, -0.2) is 4.79 Å². The van der Waals surface area contributed by atoms with Crippen LogP contribution in [0.15, 0.2) is 18.2 Å². The van der Waals surface area contributed by atoms with Crippen molar-refractivity contribution in [2.45, 2.75) is 18.9 Å². The highest BCUT2D eigenvalue weighted by molar-refractivity contribution is 14.1. The molecule has 1 aromatic carbocycles. The fourth-order valence-electron chi connectivity index (χ4n) is 1.12. The van der Waals surface area contributed by atoms with E-state index in [4.69, 9.17) is 9.84 Å². The fourth-order valence-corrected chi connectivity index (χ4v) is 1.69. The van der Waals surface area contributed by atoms with Crippen LogP contribution < -0.4 is 4.74 Å². The van der Waals surface area contributed by atoms with E-state index >= 15 is 0 Å². The Morgan fingerprint density at radius 2 is 2.21 bits per heavy atom. The van der Waals surface area contributed by atoms with Gasteiger partial charge in [-0.05, 0) is 53.6 Å². The number of halogens is 1. The SMILES string of the molecule is O=C(O)c1cc(OC2CC2)ccc1I. The third-order valence-corrected chi connectivity index (χ3v) is 2.94. The summed E-state index contributed by atoms with van der Waals surface area (Å²) in [6, 6.07) is 5.16. The molecule has 74 valence electrons. The summed E-state index contributed by atoms with van der Waals surface area (Å²) >= 11 is 2.01. The van der Waals surface area contributed by atoms with E-state index < -0.39 is 5.97 Å². The Morgan fingerprint density at radius 1 is 1.50 bits per heavy atom. The van der Waals surface area contributed by atoms with E-state index in [2.05, 4.69) is 0 Å². The largest absolute Gasteiger partial charge is 0.490 e. The minimum atomic E-state index is -0.907. The normalized spacial score (nSPS) is 15.2. The molecule has 0 aliphatic heterocycles. The molecular formula is C10H9IO3. The Morgan fingerprint density at radius 3 is 2.79 bits per heavy atom. The topological polar surface area (TPSA) is 46.5 Å². The van der Waals surface area contributed by atoms with E-state index in [1.807, 2.05) is 28.7 Å². The number of aromatic carboxylic acids is 1. The van der Waals surface area contributed by atoms with Crippen LogP contribution in [0, 0.1) is 3.57 Å². The maximum Gasteiger partial charge on any atom is 0.336 e. The maximum atomic E-state index is 10.8. The van der Waals surface area contributed by atoms with Gasteiger partial charge in [-0.2, -0.15) is 0 Å². The van der Waals surface area contributed by atoms with Crippen LogP contribution in [0.5, 0.6) is 5.75 Å². The second-order valence-electron chi connectivity index (χ2n) is 3.26. The van der Waals surface area contributed by atoms with Gasteiger partial charge in [0.15, 0.2) is 0 Å². The third kappa shape index (κ3) is 2.17. The van der Waals surface area contributed by atoms with Crippen molar-refractivity contribution in [1.82, 2.24) is 0 Å². The van der Waals surface area contributed by atoms with E-state index in [1.54, 1.807) is 12.1 Å². The van der Waals surface area contributed by atoms with Crippen molar-refractivity contribution in [2.75, 3.05) is 0 Å². The van der Waals surface area contributed by atoms with Gasteiger partial charge in [0.2, 0.25) is 0 Å². The van der Waals surface area contributed by atoms with Gasteiger partial charge >= 0.3 is 5.97 Å². The lowest BCUT2D eigenvalue weighted by molar-refractivity contribution is 0.0695. The van der Waals surface area contributed by atoms with Crippen LogP contribution in [0.4, 0.5) is 0 Å². The second kappa shape index (κ2) is 3.76. The Balaban J connectivity index is 2.24. The first-order chi connectivity index (χ1) is 6.66. The number of hydrogen-bond donors (Lipinski definition) is 1. The van der Waals surface area contributed by atoms with Crippen LogP contribution in [0.25, 0.3) is 0 Å². The van der Waals surface area contributed by atoms with E-state index in [9.17, 15) is 4.79 Å². The molecule has 0 unspecified atom stereocenters. The summed E-state index contributed by atoms with van der Waals surface area (Å²) in [5.41, 5.74) is 0.309. The molecule has 14 heavy (non-hydrogen) atoms. The van der Waals surface area contributed by atoms with Crippen molar-refractivity contribution < 1.29 is 14.6 Å². The molecule has 0 aromatic heterocycles. The summed E-state index contributed by atoms with van der Waals surface area (Å²) in [4.78, 5) is 10.8. The predicted molar refractivity (Wildman–Crippen MR) is 59.8 cm³/mol. The molecule has 1 aliphatic carbocycles. The zero-order valence-corrected chi connectivity index (χ0v) is 9.52. The fraction of sp³-hybridized carbons (Fsp3) is 0.300. The van der Waals surface area contributed by atoms with Crippen molar-refractivity contribution >= 4 is 28.6 Å². The van der Waals surface area contributed by atoms with E-state index in [-0.39, 0.29) is 0 Å². The first-order valence-electron chi connectivity index (χ1n) is 4.36. The Labute approximate surface area is 95.2 Å². The number of hydrogen-bond acceptors (Lipinski definition) is 2. The molecule has 1 aliphatic rings. The predicted octanol–water partition coefficient (Wildman–Crippen LogP) is 2.53. The number of carbonyl (C=O) groups is 1. The highest BCUT2D eigenvalue weighted by atomic mass is 127. The van der Waals surface area contributed by atoms with Crippen LogP contribution in [-0.2, 0) is 0 Å². The lowest BCUT2D eigenvalue weighted by Crippen LogP contribution is -2.02.